The average molecular weight is 741 g/mol. The number of likely N-dealkylation sites (N-methyl/N-ethyl adjacent to an activating group) is 1. The van der Waals surface area contributed by atoms with Crippen LogP contribution in [0.4, 0.5) is 11.4 Å². The molecule has 55 heavy (non-hydrogen) atoms. The molecule has 9 nitrogen and oxygen atoms in total. The van der Waals surface area contributed by atoms with Crippen molar-refractivity contribution >= 4 is 23.2 Å². The van der Waals surface area contributed by atoms with Crippen LogP contribution < -0.4 is 16.4 Å². The number of anilines is 2. The summed E-state index contributed by atoms with van der Waals surface area (Å²) >= 11 is 0. The third kappa shape index (κ3) is 10.9. The highest BCUT2D eigenvalue weighted by molar-refractivity contribution is 5.93. The highest BCUT2D eigenvalue weighted by Crippen LogP contribution is 2.39. The zero-order valence-corrected chi connectivity index (χ0v) is 31.7. The van der Waals surface area contributed by atoms with Crippen molar-refractivity contribution in [2.45, 2.75) is 76.7 Å². The van der Waals surface area contributed by atoms with Gasteiger partial charge in [-0.3, -0.25) is 14.5 Å². The number of nitrogens with two attached hydrogens (primary N) is 1. The van der Waals surface area contributed by atoms with Gasteiger partial charge >= 0.3 is 0 Å². The maximum atomic E-state index is 12.8. The Kier molecular flexibility index (Phi) is 13.8. The number of nitrogen functional groups attached to an aromatic ring is 1. The van der Waals surface area contributed by atoms with Gasteiger partial charge in [-0.2, -0.15) is 0 Å². The van der Waals surface area contributed by atoms with Crippen molar-refractivity contribution in [1.29, 1.82) is 0 Å². The first-order chi connectivity index (χ1) is 26.8. The second-order valence-corrected chi connectivity index (χ2v) is 14.3. The highest BCUT2D eigenvalue weighted by atomic mass is 16.7. The summed E-state index contributed by atoms with van der Waals surface area (Å²) in [6.07, 6.45) is 1.76. The molecule has 6 rings (SSSR count). The van der Waals surface area contributed by atoms with Crippen LogP contribution in [0.3, 0.4) is 0 Å². The van der Waals surface area contributed by atoms with Gasteiger partial charge in [0.25, 0.3) is 0 Å². The Morgan fingerprint density at radius 2 is 1.45 bits per heavy atom. The van der Waals surface area contributed by atoms with Crippen LogP contribution in [-0.4, -0.2) is 41.5 Å². The predicted octanol–water partition coefficient (Wildman–Crippen LogP) is 8.48. The maximum Gasteiger partial charge on any atom is 0.224 e. The van der Waals surface area contributed by atoms with E-state index in [1.807, 2.05) is 60.7 Å². The van der Waals surface area contributed by atoms with Gasteiger partial charge in [-0.05, 0) is 72.3 Å². The number of amides is 2. The second-order valence-electron chi connectivity index (χ2n) is 14.3. The molecule has 0 aromatic heterocycles. The third-order valence-electron chi connectivity index (χ3n) is 10.3. The van der Waals surface area contributed by atoms with E-state index in [2.05, 4.69) is 84.1 Å². The molecule has 1 heterocycles. The number of hydrogen-bond donors (Lipinski definition) is 4. The maximum absolute atomic E-state index is 12.8. The summed E-state index contributed by atoms with van der Waals surface area (Å²) in [6.45, 7) is 3.34. The molecule has 0 saturated carbocycles. The Balaban J connectivity index is 1.07. The number of ether oxygens (including phenoxy) is 2. The topological polar surface area (TPSA) is 126 Å². The number of hydrogen-bond acceptors (Lipinski definition) is 7. The molecule has 0 bridgehead atoms. The summed E-state index contributed by atoms with van der Waals surface area (Å²) in [6, 6.07) is 42.2. The fraction of sp³-hybridized carbons (Fsp3) is 0.304. The third-order valence-corrected chi connectivity index (χ3v) is 10.3. The monoisotopic (exact) mass is 740 g/mol. The number of carbonyl (C=O) groups is 2. The molecule has 4 atom stereocenters. The van der Waals surface area contributed by atoms with E-state index in [9.17, 15) is 14.7 Å². The summed E-state index contributed by atoms with van der Waals surface area (Å²) in [5, 5.41) is 15.5. The number of carbonyl (C=O) groups excluding carboxylic acids is 2. The quantitative estimate of drug-likeness (QED) is 0.0591. The number of rotatable bonds is 16. The zero-order chi connectivity index (χ0) is 38.6. The first-order valence-electron chi connectivity index (χ1n) is 19.1. The molecule has 0 spiro atoms. The van der Waals surface area contributed by atoms with Gasteiger partial charge in [-0.1, -0.05) is 115 Å². The minimum atomic E-state index is -0.562. The minimum Gasteiger partial charge on any atom is -0.397 e. The molecule has 5 aromatic rings. The van der Waals surface area contributed by atoms with Crippen molar-refractivity contribution in [3.8, 4) is 11.1 Å². The fourth-order valence-corrected chi connectivity index (χ4v) is 6.95. The molecule has 1 aliphatic heterocycles. The van der Waals surface area contributed by atoms with Crippen molar-refractivity contribution in [3.05, 3.63) is 155 Å². The van der Waals surface area contributed by atoms with Crippen molar-refractivity contribution in [2.24, 2.45) is 0 Å². The van der Waals surface area contributed by atoms with E-state index in [1.165, 1.54) is 5.56 Å². The summed E-state index contributed by atoms with van der Waals surface area (Å²) in [5.74, 6) is -0.169. The molecule has 0 aliphatic carbocycles. The number of nitrogens with one attached hydrogen (secondary N) is 2. The van der Waals surface area contributed by atoms with E-state index >= 15 is 0 Å². The van der Waals surface area contributed by atoms with Crippen molar-refractivity contribution in [3.63, 3.8) is 0 Å². The molecular formula is C46H52N4O5. The lowest BCUT2D eigenvalue weighted by molar-refractivity contribution is -0.253. The molecule has 286 valence electrons. The second kappa shape index (κ2) is 19.3. The molecular weight excluding hydrogens is 689 g/mol. The van der Waals surface area contributed by atoms with Gasteiger partial charge in [0.15, 0.2) is 6.29 Å². The lowest BCUT2D eigenvalue weighted by Crippen LogP contribution is -2.38. The van der Waals surface area contributed by atoms with Crippen LogP contribution in [0.15, 0.2) is 127 Å². The lowest BCUT2D eigenvalue weighted by atomic mass is 9.97. The predicted molar refractivity (Wildman–Crippen MR) is 218 cm³/mol. The van der Waals surface area contributed by atoms with Crippen LogP contribution in [0, 0.1) is 0 Å². The Hall–Kier alpha value is -5.32. The number of para-hydroxylation sites is 2. The smallest absolute Gasteiger partial charge is 0.224 e. The van der Waals surface area contributed by atoms with Gasteiger partial charge < -0.3 is 30.9 Å². The zero-order valence-electron chi connectivity index (χ0n) is 31.7. The molecule has 1 aliphatic rings. The van der Waals surface area contributed by atoms with Gasteiger partial charge in [-0.15, -0.1) is 0 Å². The Morgan fingerprint density at radius 3 is 2.18 bits per heavy atom. The van der Waals surface area contributed by atoms with Crippen LogP contribution in [-0.2, 0) is 32.2 Å². The van der Waals surface area contributed by atoms with Gasteiger partial charge in [0.05, 0.1) is 30.2 Å². The molecule has 0 radical (unpaired) electrons. The molecule has 2 amide bonds. The van der Waals surface area contributed by atoms with Crippen molar-refractivity contribution in [2.75, 3.05) is 24.6 Å². The fourth-order valence-electron chi connectivity index (χ4n) is 6.95. The number of unbranched alkanes of at least 4 members (excludes halogenated alkanes) is 1. The molecule has 4 unspecified atom stereocenters. The molecule has 9 heteroatoms. The van der Waals surface area contributed by atoms with E-state index in [1.54, 1.807) is 12.1 Å². The van der Waals surface area contributed by atoms with Gasteiger partial charge in [0, 0.05) is 44.0 Å². The Morgan fingerprint density at radius 1 is 0.800 bits per heavy atom. The minimum absolute atomic E-state index is 0.00181. The van der Waals surface area contributed by atoms with E-state index in [-0.39, 0.29) is 36.7 Å². The SMILES string of the molecule is CC(c1ccccc1)N(C)CC1CC(c2ccc(CO)cc2)OC(c2ccc(-c3ccccc3CNC(=O)CCCCC(=O)Nc3ccccc3N)cc2)O1. The normalized spacial score (nSPS) is 17.4. The summed E-state index contributed by atoms with van der Waals surface area (Å²) in [7, 11) is 2.14. The van der Waals surface area contributed by atoms with Gasteiger partial charge in [0.1, 0.15) is 0 Å². The summed E-state index contributed by atoms with van der Waals surface area (Å²) in [4.78, 5) is 27.4. The largest absolute Gasteiger partial charge is 0.397 e. The lowest BCUT2D eigenvalue weighted by Gasteiger charge is -2.39. The summed E-state index contributed by atoms with van der Waals surface area (Å²) in [5.41, 5.74) is 14.2. The van der Waals surface area contributed by atoms with Crippen LogP contribution in [0.1, 0.15) is 85.3 Å². The van der Waals surface area contributed by atoms with Crippen LogP contribution in [0.5, 0.6) is 0 Å². The van der Waals surface area contributed by atoms with Gasteiger partial charge in [-0.25, -0.2) is 0 Å². The van der Waals surface area contributed by atoms with E-state index in [0.29, 0.717) is 50.0 Å². The number of nitrogens with zero attached hydrogens (tertiary/aromatic N) is 1. The average Bonchev–Trinajstić information content (AvgIpc) is 3.22. The highest BCUT2D eigenvalue weighted by Gasteiger charge is 2.33. The van der Waals surface area contributed by atoms with E-state index in [4.69, 9.17) is 15.2 Å². The standard InChI is InChI=1S/C46H52N4O5/c1-32(34-12-4-3-5-13-34)50(2)30-39-28-43(36-22-20-33(31-51)21-23-36)55-46(54-39)37-26-24-35(25-27-37)40-15-7-6-14-38(40)29-48-44(52)18-10-11-19-45(53)49-42-17-9-8-16-41(42)47/h3-9,12-17,20-27,32,39,43,46,51H,10-11,18-19,28-31,47H2,1-2H3,(H,48,52)(H,49,53). The van der Waals surface area contributed by atoms with E-state index < -0.39 is 6.29 Å². The first kappa shape index (κ1) is 39.4. The Labute approximate surface area is 324 Å². The molecule has 1 fully saturated rings. The van der Waals surface area contributed by atoms with Gasteiger partial charge in [0.2, 0.25) is 11.8 Å². The molecule has 5 N–H and O–H groups in total. The van der Waals surface area contributed by atoms with Crippen molar-refractivity contribution < 1.29 is 24.2 Å². The molecule has 1 saturated heterocycles. The number of aliphatic hydroxyl groups is 1. The van der Waals surface area contributed by atoms with Crippen LogP contribution >= 0.6 is 0 Å². The van der Waals surface area contributed by atoms with Crippen molar-refractivity contribution in [1.82, 2.24) is 10.2 Å². The summed E-state index contributed by atoms with van der Waals surface area (Å²) < 4.78 is 13.3. The first-order valence-corrected chi connectivity index (χ1v) is 19.1. The van der Waals surface area contributed by atoms with E-state index in [0.717, 1.165) is 39.9 Å². The van der Waals surface area contributed by atoms with Crippen LogP contribution in [0.25, 0.3) is 11.1 Å². The number of aliphatic hydroxyl groups excluding tert-OH is 1. The molecule has 5 aromatic carbocycles. The Bertz CT molecular complexity index is 1990. The van der Waals surface area contributed by atoms with Crippen LogP contribution in [0.2, 0.25) is 0 Å². The number of benzene rings is 5.